The number of methoxy groups -OCH3 is 1. The van der Waals surface area contributed by atoms with Crippen LogP contribution in [0.3, 0.4) is 0 Å². The van der Waals surface area contributed by atoms with E-state index in [-0.39, 0.29) is 0 Å². The van der Waals surface area contributed by atoms with Crippen LogP contribution in [0, 0.1) is 6.92 Å². The van der Waals surface area contributed by atoms with Gasteiger partial charge < -0.3 is 9.30 Å². The number of benzene rings is 2. The zero-order valence-electron chi connectivity index (χ0n) is 17.4. The summed E-state index contributed by atoms with van der Waals surface area (Å²) in [6, 6.07) is 15.1. The fraction of sp³-hybridized carbons (Fsp3) is 0.208. The average molecular weight is 415 g/mol. The SMILES string of the molecule is COc1cc(/C=C/c2nc3n(n2)CCC3(F)c2ccccc2)ccc1-n1cnc(C)c1. The average Bonchev–Trinajstić information content (AvgIpc) is 3.50. The molecule has 0 saturated carbocycles. The van der Waals surface area contributed by atoms with Gasteiger partial charge in [0.15, 0.2) is 17.3 Å². The lowest BCUT2D eigenvalue weighted by molar-refractivity contribution is 0.217. The predicted molar refractivity (Wildman–Crippen MR) is 117 cm³/mol. The van der Waals surface area contributed by atoms with Crippen LogP contribution in [0.25, 0.3) is 17.8 Å². The third-order valence-corrected chi connectivity index (χ3v) is 5.56. The Balaban J connectivity index is 1.42. The molecule has 4 aromatic rings. The van der Waals surface area contributed by atoms with E-state index in [1.807, 2.05) is 60.2 Å². The summed E-state index contributed by atoms with van der Waals surface area (Å²) in [5.74, 6) is 1.58. The summed E-state index contributed by atoms with van der Waals surface area (Å²) in [6.07, 6.45) is 7.75. The standard InChI is InChI=1S/C24H22FN5O/c1-17-15-29(16-26-17)20-10-8-18(14-21(20)31-2)9-11-22-27-23-24(25,12-13-30(23)28-22)19-6-4-3-5-7-19/h3-11,14-16H,12-13H2,1-2H3/b11-9+. The molecule has 0 radical (unpaired) electrons. The second-order valence-corrected chi connectivity index (χ2v) is 7.62. The molecule has 0 saturated heterocycles. The van der Waals surface area contributed by atoms with Crippen LogP contribution in [0.5, 0.6) is 5.75 Å². The Bertz CT molecular complexity index is 1260. The van der Waals surface area contributed by atoms with Crippen molar-refractivity contribution < 1.29 is 9.13 Å². The normalized spacial score (nSPS) is 17.9. The number of nitrogens with zero attached hydrogens (tertiary/aromatic N) is 5. The van der Waals surface area contributed by atoms with Crippen molar-refractivity contribution in [2.45, 2.75) is 25.6 Å². The van der Waals surface area contributed by atoms with Gasteiger partial charge in [-0.25, -0.2) is 19.0 Å². The number of halogens is 1. The molecule has 0 spiro atoms. The van der Waals surface area contributed by atoms with Gasteiger partial charge in [-0.1, -0.05) is 42.5 Å². The van der Waals surface area contributed by atoms with E-state index in [0.717, 1.165) is 22.7 Å². The lowest BCUT2D eigenvalue weighted by atomic mass is 9.94. The zero-order chi connectivity index (χ0) is 21.4. The second kappa shape index (κ2) is 7.50. The molecule has 0 bridgehead atoms. The van der Waals surface area contributed by atoms with Crippen molar-refractivity contribution in [2.75, 3.05) is 7.11 Å². The van der Waals surface area contributed by atoms with Gasteiger partial charge in [0.05, 0.1) is 24.8 Å². The summed E-state index contributed by atoms with van der Waals surface area (Å²) in [6.45, 7) is 2.45. The van der Waals surface area contributed by atoms with Crippen LogP contribution in [0.2, 0.25) is 0 Å². The number of alkyl halides is 1. The van der Waals surface area contributed by atoms with E-state index >= 15 is 4.39 Å². The minimum Gasteiger partial charge on any atom is -0.495 e. The third-order valence-electron chi connectivity index (χ3n) is 5.56. The van der Waals surface area contributed by atoms with Crippen molar-refractivity contribution in [1.82, 2.24) is 24.3 Å². The number of fused-ring (bicyclic) bond motifs is 1. The van der Waals surface area contributed by atoms with Crippen molar-refractivity contribution in [3.8, 4) is 11.4 Å². The molecular weight excluding hydrogens is 393 g/mol. The molecule has 2 aromatic heterocycles. The molecular formula is C24H22FN5O. The first-order valence-corrected chi connectivity index (χ1v) is 10.1. The molecule has 156 valence electrons. The highest BCUT2D eigenvalue weighted by Gasteiger charge is 2.44. The van der Waals surface area contributed by atoms with E-state index in [1.165, 1.54) is 0 Å². The lowest BCUT2D eigenvalue weighted by Gasteiger charge is -2.17. The first kappa shape index (κ1) is 19.2. The van der Waals surface area contributed by atoms with Gasteiger partial charge >= 0.3 is 0 Å². The van der Waals surface area contributed by atoms with Crippen molar-refractivity contribution in [2.24, 2.45) is 0 Å². The molecule has 3 heterocycles. The van der Waals surface area contributed by atoms with Gasteiger partial charge in [-0.05, 0) is 36.3 Å². The molecule has 1 atom stereocenters. The zero-order valence-corrected chi connectivity index (χ0v) is 17.4. The number of ether oxygens (including phenoxy) is 1. The van der Waals surface area contributed by atoms with Crippen molar-refractivity contribution in [1.29, 1.82) is 0 Å². The quantitative estimate of drug-likeness (QED) is 0.479. The van der Waals surface area contributed by atoms with Crippen molar-refractivity contribution in [3.63, 3.8) is 0 Å². The molecule has 6 nitrogen and oxygen atoms in total. The first-order valence-electron chi connectivity index (χ1n) is 10.1. The number of aromatic nitrogens is 5. The smallest absolute Gasteiger partial charge is 0.196 e. The van der Waals surface area contributed by atoms with E-state index in [2.05, 4.69) is 15.1 Å². The molecule has 0 N–H and O–H groups in total. The minimum atomic E-state index is -1.60. The molecule has 1 unspecified atom stereocenters. The molecule has 5 rings (SSSR count). The minimum absolute atomic E-state index is 0.350. The van der Waals surface area contributed by atoms with E-state index in [0.29, 0.717) is 30.2 Å². The topological polar surface area (TPSA) is 57.8 Å². The molecule has 0 aliphatic carbocycles. The van der Waals surface area contributed by atoms with Crippen LogP contribution in [0.1, 0.15) is 34.9 Å². The number of hydrogen-bond donors (Lipinski definition) is 0. The van der Waals surface area contributed by atoms with Crippen molar-refractivity contribution in [3.05, 3.63) is 89.5 Å². The first-order chi connectivity index (χ1) is 15.1. The maximum atomic E-state index is 15.7. The fourth-order valence-corrected chi connectivity index (χ4v) is 3.96. The Morgan fingerprint density at radius 3 is 2.71 bits per heavy atom. The summed E-state index contributed by atoms with van der Waals surface area (Å²) < 4.78 is 24.9. The molecule has 1 aliphatic rings. The van der Waals surface area contributed by atoms with Gasteiger partial charge in [-0.3, -0.25) is 0 Å². The Kier molecular flexibility index (Phi) is 4.66. The molecule has 0 amide bonds. The number of aryl methyl sites for hydroxylation is 2. The Morgan fingerprint density at radius 1 is 1.13 bits per heavy atom. The van der Waals surface area contributed by atoms with E-state index in [4.69, 9.17) is 4.74 Å². The van der Waals surface area contributed by atoms with Crippen molar-refractivity contribution >= 4 is 12.2 Å². The molecule has 0 fully saturated rings. The highest BCUT2D eigenvalue weighted by molar-refractivity contribution is 5.69. The monoisotopic (exact) mass is 415 g/mol. The summed E-state index contributed by atoms with van der Waals surface area (Å²) in [7, 11) is 1.64. The van der Waals surface area contributed by atoms with Gasteiger partial charge in [-0.15, -0.1) is 0 Å². The van der Waals surface area contributed by atoms with Crippen LogP contribution in [0.15, 0.2) is 61.1 Å². The molecule has 31 heavy (non-hydrogen) atoms. The lowest BCUT2D eigenvalue weighted by Crippen LogP contribution is -2.19. The van der Waals surface area contributed by atoms with Gasteiger partial charge in [0.25, 0.3) is 0 Å². The number of rotatable bonds is 5. The summed E-state index contributed by atoms with van der Waals surface area (Å²) in [5.41, 5.74) is 1.79. The maximum absolute atomic E-state index is 15.7. The Labute approximate surface area is 179 Å². The summed E-state index contributed by atoms with van der Waals surface area (Å²) in [5, 5.41) is 4.47. The van der Waals surface area contributed by atoms with Crippen LogP contribution < -0.4 is 4.74 Å². The predicted octanol–water partition coefficient (Wildman–Crippen LogP) is 4.57. The summed E-state index contributed by atoms with van der Waals surface area (Å²) >= 11 is 0. The fourth-order valence-electron chi connectivity index (χ4n) is 3.96. The van der Waals surface area contributed by atoms with Gasteiger partial charge in [0.2, 0.25) is 0 Å². The van der Waals surface area contributed by atoms with E-state index in [9.17, 15) is 0 Å². The Hall–Kier alpha value is -3.74. The Morgan fingerprint density at radius 2 is 1.97 bits per heavy atom. The van der Waals surface area contributed by atoms with Crippen LogP contribution >= 0.6 is 0 Å². The summed E-state index contributed by atoms with van der Waals surface area (Å²) in [4.78, 5) is 8.76. The second-order valence-electron chi connectivity index (χ2n) is 7.62. The number of imidazole rings is 1. The third kappa shape index (κ3) is 3.42. The number of hydrogen-bond acceptors (Lipinski definition) is 4. The van der Waals surface area contributed by atoms with Gasteiger partial charge in [-0.2, -0.15) is 5.10 Å². The van der Waals surface area contributed by atoms with Gasteiger partial charge in [0, 0.05) is 19.2 Å². The van der Waals surface area contributed by atoms with Crippen LogP contribution in [0.4, 0.5) is 4.39 Å². The van der Waals surface area contributed by atoms with E-state index < -0.39 is 5.67 Å². The van der Waals surface area contributed by atoms with Gasteiger partial charge in [0.1, 0.15) is 5.75 Å². The van der Waals surface area contributed by atoms with Crippen LogP contribution in [-0.2, 0) is 12.2 Å². The molecule has 1 aliphatic heterocycles. The largest absolute Gasteiger partial charge is 0.495 e. The highest BCUT2D eigenvalue weighted by atomic mass is 19.1. The molecule has 7 heteroatoms. The molecule has 2 aromatic carbocycles. The van der Waals surface area contributed by atoms with E-state index in [1.54, 1.807) is 36.3 Å². The maximum Gasteiger partial charge on any atom is 0.196 e. The highest BCUT2D eigenvalue weighted by Crippen LogP contribution is 2.41. The van der Waals surface area contributed by atoms with Crippen LogP contribution in [-0.4, -0.2) is 31.4 Å².